The second-order valence-corrected chi connectivity index (χ2v) is 7.45. The van der Waals surface area contributed by atoms with Gasteiger partial charge in [-0.15, -0.1) is 10.2 Å². The van der Waals surface area contributed by atoms with E-state index < -0.39 is 0 Å². The number of fused-ring (bicyclic) bond motifs is 1. The summed E-state index contributed by atoms with van der Waals surface area (Å²) in [5.74, 6) is 0.514. The number of nitriles is 1. The van der Waals surface area contributed by atoms with Gasteiger partial charge >= 0.3 is 0 Å². The Morgan fingerprint density at radius 2 is 1.92 bits per heavy atom. The van der Waals surface area contributed by atoms with Crippen molar-refractivity contribution >= 4 is 45.4 Å². The second-order valence-electron chi connectivity index (χ2n) is 5.25. The van der Waals surface area contributed by atoms with Gasteiger partial charge in [0.1, 0.15) is 17.5 Å². The average molecular weight is 372 g/mol. The summed E-state index contributed by atoms with van der Waals surface area (Å²) in [5.41, 5.74) is 2.08. The fourth-order valence-electron chi connectivity index (χ4n) is 2.63. The van der Waals surface area contributed by atoms with Crippen LogP contribution in [-0.2, 0) is 4.79 Å². The number of nitrogens with one attached hydrogen (secondary N) is 1. The Bertz CT molecular complexity index is 854. The Morgan fingerprint density at radius 3 is 2.44 bits per heavy atom. The molecule has 0 atom stereocenters. The van der Waals surface area contributed by atoms with E-state index >= 15 is 0 Å². The molecule has 1 aromatic carbocycles. The Morgan fingerprint density at radius 1 is 1.28 bits per heavy atom. The molecule has 0 radical (unpaired) electrons. The first-order valence-electron chi connectivity index (χ1n) is 7.45. The third-order valence-corrected chi connectivity index (χ3v) is 5.88. The standard InChI is InChI=1S/C16H16N6OS2/c1-18-15-19-20-16(25-15)24-9-13(23)10(8-17)14-21(2)11-6-4-5-7-12(11)22(14)3/h4-7H,9H2,1-3H3,(H,18,19). The summed E-state index contributed by atoms with van der Waals surface area (Å²) in [7, 11) is 5.49. The van der Waals surface area contributed by atoms with Gasteiger partial charge in [0, 0.05) is 21.1 Å². The van der Waals surface area contributed by atoms with Crippen LogP contribution in [0.5, 0.6) is 0 Å². The van der Waals surface area contributed by atoms with E-state index in [1.165, 1.54) is 23.1 Å². The van der Waals surface area contributed by atoms with Crippen LogP contribution < -0.4 is 15.1 Å². The van der Waals surface area contributed by atoms with Crippen LogP contribution in [0.15, 0.2) is 40.0 Å². The molecule has 0 saturated carbocycles. The molecular formula is C16H16N6OS2. The van der Waals surface area contributed by atoms with E-state index in [0.29, 0.717) is 15.3 Å². The molecule has 2 heterocycles. The molecule has 0 bridgehead atoms. The molecule has 3 rings (SSSR count). The van der Waals surface area contributed by atoms with Gasteiger partial charge in [-0.1, -0.05) is 35.2 Å². The van der Waals surface area contributed by atoms with Gasteiger partial charge in [-0.05, 0) is 12.1 Å². The molecule has 0 amide bonds. The first-order valence-corrected chi connectivity index (χ1v) is 9.25. The Balaban J connectivity index is 1.83. The molecule has 0 aliphatic carbocycles. The van der Waals surface area contributed by atoms with Crippen LogP contribution in [0.4, 0.5) is 16.5 Å². The van der Waals surface area contributed by atoms with Crippen molar-refractivity contribution in [2.24, 2.45) is 0 Å². The zero-order chi connectivity index (χ0) is 18.0. The number of anilines is 3. The fraction of sp³-hybridized carbons (Fsp3) is 0.250. The van der Waals surface area contributed by atoms with Gasteiger partial charge in [0.15, 0.2) is 10.1 Å². The lowest BCUT2D eigenvalue weighted by Gasteiger charge is -2.19. The lowest BCUT2D eigenvalue weighted by Crippen LogP contribution is -2.26. The maximum Gasteiger partial charge on any atom is 0.206 e. The molecule has 0 unspecified atom stereocenters. The van der Waals surface area contributed by atoms with Gasteiger partial charge in [0.2, 0.25) is 5.13 Å². The molecule has 1 aliphatic heterocycles. The van der Waals surface area contributed by atoms with Crippen LogP contribution >= 0.6 is 23.1 Å². The van der Waals surface area contributed by atoms with Crippen LogP contribution in [0.2, 0.25) is 0 Å². The average Bonchev–Trinajstić information content (AvgIpc) is 3.19. The molecule has 9 heteroatoms. The number of carbonyl (C=O) groups is 1. The maximum atomic E-state index is 12.6. The van der Waals surface area contributed by atoms with Crippen LogP contribution in [0.25, 0.3) is 0 Å². The first-order chi connectivity index (χ1) is 12.1. The number of hydrogen-bond acceptors (Lipinski definition) is 9. The molecule has 1 N–H and O–H groups in total. The van der Waals surface area contributed by atoms with Crippen LogP contribution in [0, 0.1) is 11.3 Å². The van der Waals surface area contributed by atoms with E-state index in [4.69, 9.17) is 0 Å². The van der Waals surface area contributed by atoms with Gasteiger partial charge in [-0.25, -0.2) is 0 Å². The monoisotopic (exact) mass is 372 g/mol. The zero-order valence-electron chi connectivity index (χ0n) is 14.0. The van der Waals surface area contributed by atoms with E-state index in [2.05, 4.69) is 21.6 Å². The summed E-state index contributed by atoms with van der Waals surface area (Å²) in [6.45, 7) is 0. The smallest absolute Gasteiger partial charge is 0.206 e. The van der Waals surface area contributed by atoms with Crippen LogP contribution in [0.3, 0.4) is 0 Å². The van der Waals surface area contributed by atoms with Crippen LogP contribution in [0.1, 0.15) is 0 Å². The number of allylic oxidation sites excluding steroid dienone is 1. The quantitative estimate of drug-likeness (QED) is 0.487. The third kappa shape index (κ3) is 3.18. The topological polar surface area (TPSA) is 85.1 Å². The van der Waals surface area contributed by atoms with Gasteiger partial charge in [-0.3, -0.25) is 4.79 Å². The minimum Gasteiger partial charge on any atom is -0.363 e. The summed E-state index contributed by atoms with van der Waals surface area (Å²) in [6, 6.07) is 9.88. The van der Waals surface area contributed by atoms with Crippen molar-refractivity contribution in [3.8, 4) is 6.07 Å². The van der Waals surface area contributed by atoms with E-state index in [1.54, 1.807) is 7.05 Å². The Labute approximate surface area is 154 Å². The number of benzene rings is 1. The molecule has 25 heavy (non-hydrogen) atoms. The van der Waals surface area contributed by atoms with E-state index in [9.17, 15) is 10.1 Å². The number of carbonyl (C=O) groups excluding carboxylic acids is 1. The normalized spacial score (nSPS) is 12.8. The highest BCUT2D eigenvalue weighted by Gasteiger charge is 2.31. The van der Waals surface area contributed by atoms with E-state index in [1.807, 2.05) is 48.2 Å². The predicted molar refractivity (Wildman–Crippen MR) is 101 cm³/mol. The number of nitrogens with zero attached hydrogens (tertiary/aromatic N) is 5. The van der Waals surface area contributed by atoms with Crippen molar-refractivity contribution in [3.63, 3.8) is 0 Å². The fourth-order valence-corrected chi connectivity index (χ4v) is 4.20. The van der Waals surface area contributed by atoms with Crippen molar-refractivity contribution in [2.45, 2.75) is 4.34 Å². The molecule has 0 fully saturated rings. The molecule has 1 aromatic heterocycles. The van der Waals surface area contributed by atoms with Gasteiger partial charge in [0.25, 0.3) is 0 Å². The molecule has 128 valence electrons. The highest BCUT2D eigenvalue weighted by atomic mass is 32.2. The minimum absolute atomic E-state index is 0.142. The summed E-state index contributed by atoms with van der Waals surface area (Å²) < 4.78 is 0.691. The van der Waals surface area contributed by atoms with Gasteiger partial charge in [-0.2, -0.15) is 5.26 Å². The highest BCUT2D eigenvalue weighted by molar-refractivity contribution is 8.01. The third-order valence-electron chi connectivity index (χ3n) is 3.80. The first kappa shape index (κ1) is 17.3. The number of Topliss-reactive ketones (excluding diaryl/α,β-unsaturated/α-hetero) is 1. The number of hydrogen-bond donors (Lipinski definition) is 1. The van der Waals surface area contributed by atoms with E-state index in [0.717, 1.165) is 11.4 Å². The maximum absolute atomic E-state index is 12.6. The van der Waals surface area contributed by atoms with Gasteiger partial charge in [0.05, 0.1) is 17.1 Å². The summed E-state index contributed by atoms with van der Waals surface area (Å²) in [4.78, 5) is 16.4. The molecule has 0 saturated heterocycles. The van der Waals surface area contributed by atoms with Crippen LogP contribution in [-0.4, -0.2) is 42.9 Å². The number of rotatable bonds is 5. The molecular weight excluding hydrogens is 356 g/mol. The number of para-hydroxylation sites is 2. The van der Waals surface area contributed by atoms with Crippen molar-refractivity contribution in [1.29, 1.82) is 5.26 Å². The summed E-state index contributed by atoms with van der Waals surface area (Å²) in [5, 5.41) is 21.1. The number of thioether (sulfide) groups is 1. The largest absolute Gasteiger partial charge is 0.363 e. The predicted octanol–water partition coefficient (Wildman–Crippen LogP) is 2.56. The minimum atomic E-state index is -0.227. The summed E-state index contributed by atoms with van der Waals surface area (Å²) in [6.07, 6.45) is 0. The Hall–Kier alpha value is -2.57. The highest BCUT2D eigenvalue weighted by Crippen LogP contribution is 2.40. The van der Waals surface area contributed by atoms with Crippen molar-refractivity contribution < 1.29 is 4.79 Å². The SMILES string of the molecule is CNc1nnc(SCC(=O)C(C#N)=C2N(C)c3ccccc3N2C)s1. The molecule has 7 nitrogen and oxygen atoms in total. The summed E-state index contributed by atoms with van der Waals surface area (Å²) >= 11 is 2.66. The number of aromatic nitrogens is 2. The lowest BCUT2D eigenvalue weighted by atomic mass is 10.2. The van der Waals surface area contributed by atoms with Crippen molar-refractivity contribution in [3.05, 3.63) is 35.7 Å². The zero-order valence-corrected chi connectivity index (χ0v) is 15.6. The molecule has 1 aliphatic rings. The lowest BCUT2D eigenvalue weighted by molar-refractivity contribution is -0.112. The van der Waals surface area contributed by atoms with Gasteiger partial charge < -0.3 is 15.1 Å². The second kappa shape index (κ2) is 7.13. The number of ketones is 1. The van der Waals surface area contributed by atoms with Crippen molar-refractivity contribution in [1.82, 2.24) is 10.2 Å². The van der Waals surface area contributed by atoms with Crippen molar-refractivity contribution in [2.75, 3.05) is 42.0 Å². The Kier molecular flexibility index (Phi) is 4.92. The van der Waals surface area contributed by atoms with E-state index in [-0.39, 0.29) is 17.1 Å². The molecule has 2 aromatic rings. The molecule has 0 spiro atoms.